The number of anilines is 1. The van der Waals surface area contributed by atoms with Crippen LogP contribution in [0, 0.1) is 5.92 Å². The number of hydrogen-bond donors (Lipinski definition) is 2. The number of hydrogen-bond acceptors (Lipinski definition) is 2. The lowest BCUT2D eigenvalue weighted by molar-refractivity contribution is 0.306. The molecular weight excluding hydrogens is 304 g/mol. The largest absolute Gasteiger partial charge is 0.495 e. The molecule has 0 heterocycles. The van der Waals surface area contributed by atoms with Crippen molar-refractivity contribution in [3.63, 3.8) is 0 Å². The average Bonchev–Trinajstić information content (AvgIpc) is 2.48. The van der Waals surface area contributed by atoms with E-state index in [1.807, 2.05) is 12.1 Å². The van der Waals surface area contributed by atoms with Crippen LogP contribution in [-0.2, 0) is 0 Å². The summed E-state index contributed by atoms with van der Waals surface area (Å²) < 4.78 is 5.31. The molecule has 1 aliphatic rings. The lowest BCUT2D eigenvalue weighted by Crippen LogP contribution is -2.40. The van der Waals surface area contributed by atoms with E-state index < -0.39 is 0 Å². The Morgan fingerprint density at radius 2 is 2.05 bits per heavy atom. The Kier molecular flexibility index (Phi) is 6.12. The van der Waals surface area contributed by atoms with Crippen molar-refractivity contribution in [3.05, 3.63) is 23.2 Å². The van der Waals surface area contributed by atoms with E-state index in [4.69, 9.17) is 28.6 Å². The molecule has 0 amide bonds. The summed E-state index contributed by atoms with van der Waals surface area (Å²) in [7, 11) is 1.64. The highest BCUT2D eigenvalue weighted by atomic mass is 35.5. The highest BCUT2D eigenvalue weighted by Crippen LogP contribution is 2.29. The zero-order valence-electron chi connectivity index (χ0n) is 12.6. The van der Waals surface area contributed by atoms with Gasteiger partial charge in [-0.3, -0.25) is 0 Å². The molecule has 3 nitrogen and oxygen atoms in total. The number of nitrogens with one attached hydrogen (secondary N) is 2. The third kappa shape index (κ3) is 4.75. The maximum Gasteiger partial charge on any atom is 0.171 e. The third-order valence-electron chi connectivity index (χ3n) is 4.17. The van der Waals surface area contributed by atoms with E-state index >= 15 is 0 Å². The summed E-state index contributed by atoms with van der Waals surface area (Å²) in [4.78, 5) is 0. The first-order valence-corrected chi connectivity index (χ1v) is 8.32. The first-order chi connectivity index (χ1) is 10.1. The van der Waals surface area contributed by atoms with Gasteiger partial charge in [-0.25, -0.2) is 0 Å². The fourth-order valence-corrected chi connectivity index (χ4v) is 3.29. The second kappa shape index (κ2) is 7.85. The van der Waals surface area contributed by atoms with Gasteiger partial charge in [-0.1, -0.05) is 24.9 Å². The van der Waals surface area contributed by atoms with E-state index in [1.165, 1.54) is 32.1 Å². The van der Waals surface area contributed by atoms with Crippen LogP contribution in [0.25, 0.3) is 0 Å². The van der Waals surface area contributed by atoms with Crippen molar-refractivity contribution in [2.75, 3.05) is 12.4 Å². The molecule has 0 spiro atoms. The quantitative estimate of drug-likeness (QED) is 0.792. The van der Waals surface area contributed by atoms with Gasteiger partial charge in [-0.15, -0.1) is 0 Å². The first-order valence-electron chi connectivity index (χ1n) is 7.53. The van der Waals surface area contributed by atoms with Crippen LogP contribution < -0.4 is 15.4 Å². The summed E-state index contributed by atoms with van der Waals surface area (Å²) in [5.41, 5.74) is 0.796. The molecule has 0 aromatic heterocycles. The predicted molar refractivity (Wildman–Crippen MR) is 93.4 cm³/mol. The molecule has 0 radical (unpaired) electrons. The Hall–Kier alpha value is -1.00. The maximum absolute atomic E-state index is 6.02. The van der Waals surface area contributed by atoms with Gasteiger partial charge in [0.2, 0.25) is 0 Å². The van der Waals surface area contributed by atoms with Crippen LogP contribution in [0.1, 0.15) is 39.0 Å². The fourth-order valence-electron chi connectivity index (χ4n) is 2.84. The minimum atomic E-state index is 0.470. The minimum Gasteiger partial charge on any atom is -0.495 e. The van der Waals surface area contributed by atoms with Crippen LogP contribution in [0.15, 0.2) is 18.2 Å². The van der Waals surface area contributed by atoms with Gasteiger partial charge in [-0.2, -0.15) is 0 Å². The van der Waals surface area contributed by atoms with Crippen molar-refractivity contribution in [1.82, 2.24) is 5.32 Å². The van der Waals surface area contributed by atoms with E-state index in [0.717, 1.165) is 17.4 Å². The monoisotopic (exact) mass is 326 g/mol. The number of benzene rings is 1. The normalized spacial score (nSPS) is 21.7. The number of methoxy groups -OCH3 is 1. The molecule has 0 atom stereocenters. The van der Waals surface area contributed by atoms with E-state index in [-0.39, 0.29) is 0 Å². The van der Waals surface area contributed by atoms with Gasteiger partial charge < -0.3 is 15.4 Å². The van der Waals surface area contributed by atoms with E-state index in [1.54, 1.807) is 13.2 Å². The van der Waals surface area contributed by atoms with Gasteiger partial charge in [-0.05, 0) is 62.0 Å². The molecular formula is C16H23ClN2OS. The number of thiocarbonyl (C=S) groups is 1. The maximum atomic E-state index is 6.02. The minimum absolute atomic E-state index is 0.470. The predicted octanol–water partition coefficient (Wildman–Crippen LogP) is 4.60. The molecule has 2 rings (SSSR count). The summed E-state index contributed by atoms with van der Waals surface area (Å²) in [5, 5.41) is 7.88. The third-order valence-corrected chi connectivity index (χ3v) is 4.62. The summed E-state index contributed by atoms with van der Waals surface area (Å²) in [6.45, 7) is 2.27. The smallest absolute Gasteiger partial charge is 0.171 e. The van der Waals surface area contributed by atoms with Crippen molar-refractivity contribution in [2.24, 2.45) is 5.92 Å². The van der Waals surface area contributed by atoms with Gasteiger partial charge in [0.15, 0.2) is 5.11 Å². The number of halogens is 1. The van der Waals surface area contributed by atoms with Crippen molar-refractivity contribution in [1.29, 1.82) is 0 Å². The molecule has 1 fully saturated rings. The van der Waals surface area contributed by atoms with Gasteiger partial charge >= 0.3 is 0 Å². The zero-order valence-corrected chi connectivity index (χ0v) is 14.2. The van der Waals surface area contributed by atoms with Crippen LogP contribution in [0.3, 0.4) is 0 Å². The average molecular weight is 327 g/mol. The molecule has 0 aliphatic heterocycles. The molecule has 1 aromatic carbocycles. The summed E-state index contributed by atoms with van der Waals surface area (Å²) in [5.74, 6) is 1.62. The summed E-state index contributed by atoms with van der Waals surface area (Å²) >= 11 is 11.4. The summed E-state index contributed by atoms with van der Waals surface area (Å²) in [6, 6.07) is 5.92. The molecule has 0 saturated heterocycles. The zero-order chi connectivity index (χ0) is 15.2. The Morgan fingerprint density at radius 3 is 2.67 bits per heavy atom. The lowest BCUT2D eigenvalue weighted by atomic mass is 9.85. The molecule has 2 N–H and O–H groups in total. The van der Waals surface area contributed by atoms with Crippen LogP contribution in [0.4, 0.5) is 5.69 Å². The van der Waals surface area contributed by atoms with Gasteiger partial charge in [0.05, 0.1) is 12.8 Å². The lowest BCUT2D eigenvalue weighted by Gasteiger charge is -2.29. The van der Waals surface area contributed by atoms with Crippen molar-refractivity contribution in [3.8, 4) is 5.75 Å². The Balaban J connectivity index is 1.89. The molecule has 1 aromatic rings. The second-order valence-electron chi connectivity index (χ2n) is 5.57. The molecule has 0 bridgehead atoms. The number of ether oxygens (including phenoxy) is 1. The molecule has 5 heteroatoms. The van der Waals surface area contributed by atoms with Crippen molar-refractivity contribution < 1.29 is 4.74 Å². The Bertz CT molecular complexity index is 487. The first kappa shape index (κ1) is 16.4. The summed E-state index contributed by atoms with van der Waals surface area (Å²) in [6.07, 6.45) is 6.24. The molecule has 21 heavy (non-hydrogen) atoms. The fraction of sp³-hybridized carbons (Fsp3) is 0.562. The van der Waals surface area contributed by atoms with Gasteiger partial charge in [0.25, 0.3) is 0 Å². The molecule has 0 unspecified atom stereocenters. The topological polar surface area (TPSA) is 33.3 Å². The van der Waals surface area contributed by atoms with Crippen molar-refractivity contribution in [2.45, 2.75) is 45.1 Å². The van der Waals surface area contributed by atoms with E-state index in [2.05, 4.69) is 17.6 Å². The standard InChI is InChI=1S/C16H23ClN2OS/c1-3-11-4-7-13(8-5-11)18-16(21)19-14-10-12(17)6-9-15(14)20-2/h6,9-11,13H,3-5,7-8H2,1-2H3,(H2,18,19,21). The highest BCUT2D eigenvalue weighted by molar-refractivity contribution is 7.80. The van der Waals surface area contributed by atoms with Crippen LogP contribution in [0.5, 0.6) is 5.75 Å². The van der Waals surface area contributed by atoms with Crippen molar-refractivity contribution >= 4 is 34.6 Å². The van der Waals surface area contributed by atoms with Gasteiger partial charge in [0.1, 0.15) is 5.75 Å². The van der Waals surface area contributed by atoms with E-state index in [0.29, 0.717) is 16.2 Å². The van der Waals surface area contributed by atoms with E-state index in [9.17, 15) is 0 Å². The number of rotatable bonds is 4. The molecule has 116 valence electrons. The van der Waals surface area contributed by atoms with Crippen LogP contribution in [-0.4, -0.2) is 18.3 Å². The Morgan fingerprint density at radius 1 is 1.33 bits per heavy atom. The SMILES string of the molecule is CCC1CCC(NC(=S)Nc2cc(Cl)ccc2OC)CC1. The highest BCUT2D eigenvalue weighted by Gasteiger charge is 2.20. The molecule has 1 aliphatic carbocycles. The molecule has 1 saturated carbocycles. The van der Waals surface area contributed by atoms with Crippen LogP contribution in [0.2, 0.25) is 5.02 Å². The van der Waals surface area contributed by atoms with Gasteiger partial charge in [0, 0.05) is 11.1 Å². The second-order valence-corrected chi connectivity index (χ2v) is 6.41. The Labute approximate surface area is 137 Å². The van der Waals surface area contributed by atoms with Crippen LogP contribution >= 0.6 is 23.8 Å².